The lowest BCUT2D eigenvalue weighted by Crippen LogP contribution is -2.30. The summed E-state index contributed by atoms with van der Waals surface area (Å²) < 4.78 is 5.47. The van der Waals surface area contributed by atoms with E-state index in [4.69, 9.17) is 33.0 Å². The van der Waals surface area contributed by atoms with Crippen LogP contribution in [0.5, 0.6) is 5.75 Å². The van der Waals surface area contributed by atoms with Gasteiger partial charge in [0.15, 0.2) is 0 Å². The normalized spacial score (nSPS) is 19.8. The van der Waals surface area contributed by atoms with Gasteiger partial charge in [0, 0.05) is 28.4 Å². The fourth-order valence-electron chi connectivity index (χ4n) is 5.28. The number of carbonyl (C=O) groups is 2. The van der Waals surface area contributed by atoms with E-state index in [0.29, 0.717) is 28.3 Å². The fourth-order valence-corrected chi connectivity index (χ4v) is 6.02. The molecule has 0 spiro atoms. The van der Waals surface area contributed by atoms with Gasteiger partial charge in [-0.05, 0) is 66.1 Å². The molecule has 2 aromatic carbocycles. The Morgan fingerprint density at radius 3 is 2.27 bits per heavy atom. The molecule has 2 fully saturated rings. The lowest BCUT2D eigenvalue weighted by Gasteiger charge is -2.34. The van der Waals surface area contributed by atoms with Crippen molar-refractivity contribution in [2.24, 2.45) is 11.8 Å². The second kappa shape index (κ2) is 10.8. The lowest BCUT2D eigenvalue weighted by atomic mass is 9.70. The fraction of sp³-hybridized carbons (Fsp3) is 0.462. The number of aliphatic carboxylic acids is 1. The summed E-state index contributed by atoms with van der Waals surface area (Å²) >= 11 is 13.7. The van der Waals surface area contributed by atoms with Crippen LogP contribution in [0.2, 0.25) is 10.0 Å². The molecule has 7 heteroatoms. The first-order valence-corrected chi connectivity index (χ1v) is 12.4. The van der Waals surface area contributed by atoms with Crippen LogP contribution in [0.3, 0.4) is 0 Å². The summed E-state index contributed by atoms with van der Waals surface area (Å²) in [5.74, 6) is 0.190. The van der Waals surface area contributed by atoms with Crippen molar-refractivity contribution in [2.75, 3.05) is 13.2 Å². The Balaban J connectivity index is 1.60. The molecule has 1 amide bonds. The lowest BCUT2D eigenvalue weighted by molar-refractivity contribution is -0.137. The van der Waals surface area contributed by atoms with Crippen molar-refractivity contribution in [3.63, 3.8) is 0 Å². The van der Waals surface area contributed by atoms with Crippen molar-refractivity contribution in [1.82, 2.24) is 5.32 Å². The molecule has 2 aromatic rings. The van der Waals surface area contributed by atoms with Crippen LogP contribution >= 0.6 is 23.2 Å². The third-order valence-corrected chi connectivity index (χ3v) is 7.49. The first-order chi connectivity index (χ1) is 15.9. The van der Waals surface area contributed by atoms with Crippen molar-refractivity contribution in [3.05, 3.63) is 52.0 Å². The molecule has 1 saturated heterocycles. The van der Waals surface area contributed by atoms with Gasteiger partial charge < -0.3 is 15.2 Å². The molecule has 0 radical (unpaired) electrons. The molecule has 1 aliphatic heterocycles. The molecular formula is C26H29Cl2NO4. The summed E-state index contributed by atoms with van der Waals surface area (Å²) in [4.78, 5) is 23.3. The predicted octanol–water partition coefficient (Wildman–Crippen LogP) is 6.31. The monoisotopic (exact) mass is 489 g/mol. The van der Waals surface area contributed by atoms with Crippen LogP contribution in [0.1, 0.15) is 56.4 Å². The third-order valence-electron chi connectivity index (χ3n) is 6.87. The van der Waals surface area contributed by atoms with Crippen molar-refractivity contribution in [3.8, 4) is 16.9 Å². The molecule has 1 heterocycles. The van der Waals surface area contributed by atoms with Crippen LogP contribution in [0.25, 0.3) is 11.1 Å². The van der Waals surface area contributed by atoms with E-state index < -0.39 is 5.97 Å². The van der Waals surface area contributed by atoms with Gasteiger partial charge in [-0.2, -0.15) is 0 Å². The minimum atomic E-state index is -0.891. The molecule has 33 heavy (non-hydrogen) atoms. The zero-order valence-electron chi connectivity index (χ0n) is 18.5. The topological polar surface area (TPSA) is 75.6 Å². The van der Waals surface area contributed by atoms with Crippen molar-refractivity contribution in [2.45, 2.75) is 50.9 Å². The van der Waals surface area contributed by atoms with E-state index in [1.165, 1.54) is 19.3 Å². The van der Waals surface area contributed by atoms with Crippen molar-refractivity contribution in [1.29, 1.82) is 0 Å². The van der Waals surface area contributed by atoms with Gasteiger partial charge in [-0.25, -0.2) is 0 Å². The quantitative estimate of drug-likeness (QED) is 0.455. The molecule has 2 N–H and O–H groups in total. The molecule has 2 atom stereocenters. The standard InChI is InChI=1S/C26H29Cl2NO4/c27-21-14-18(16-6-8-19(9-7-16)33-13-11-23(30)31)15-22(28)25(21)24(17-4-2-1-3-5-17)20-10-12-29-26(20)32/h6-9,14-15,17,20,24H,1-5,10-13H2,(H,29,32)(H,30,31). The van der Waals surface area contributed by atoms with E-state index in [1.807, 2.05) is 24.3 Å². The van der Waals surface area contributed by atoms with E-state index >= 15 is 0 Å². The van der Waals surface area contributed by atoms with Crippen LogP contribution in [0, 0.1) is 11.8 Å². The highest BCUT2D eigenvalue weighted by atomic mass is 35.5. The van der Waals surface area contributed by atoms with Gasteiger partial charge in [0.05, 0.1) is 13.0 Å². The van der Waals surface area contributed by atoms with Gasteiger partial charge in [0.1, 0.15) is 5.75 Å². The summed E-state index contributed by atoms with van der Waals surface area (Å²) in [7, 11) is 0. The second-order valence-corrected chi connectivity index (χ2v) is 9.79. The zero-order valence-corrected chi connectivity index (χ0v) is 20.0. The van der Waals surface area contributed by atoms with Gasteiger partial charge in [-0.3, -0.25) is 9.59 Å². The molecule has 1 saturated carbocycles. The molecule has 176 valence electrons. The number of carboxylic acids is 1. The minimum Gasteiger partial charge on any atom is -0.493 e. The Morgan fingerprint density at radius 1 is 1.03 bits per heavy atom. The van der Waals surface area contributed by atoms with E-state index in [2.05, 4.69) is 5.32 Å². The van der Waals surface area contributed by atoms with Gasteiger partial charge in [0.25, 0.3) is 0 Å². The Kier molecular flexibility index (Phi) is 7.82. The average molecular weight is 490 g/mol. The van der Waals surface area contributed by atoms with Gasteiger partial charge in [-0.1, -0.05) is 54.6 Å². The summed E-state index contributed by atoms with van der Waals surface area (Å²) in [6, 6.07) is 11.3. The number of carboxylic acid groups (broad SMARTS) is 1. The molecule has 2 unspecified atom stereocenters. The number of hydrogen-bond acceptors (Lipinski definition) is 3. The molecule has 5 nitrogen and oxygen atoms in total. The van der Waals surface area contributed by atoms with E-state index in [-0.39, 0.29) is 30.8 Å². The van der Waals surface area contributed by atoms with Crippen LogP contribution < -0.4 is 10.1 Å². The Labute approximate surface area is 204 Å². The van der Waals surface area contributed by atoms with Crippen LogP contribution in [-0.2, 0) is 9.59 Å². The Hall–Kier alpha value is -2.24. The number of halogens is 2. The van der Waals surface area contributed by atoms with Crippen molar-refractivity contribution >= 4 is 35.1 Å². The average Bonchev–Trinajstić information content (AvgIpc) is 3.22. The Bertz CT molecular complexity index is 979. The van der Waals surface area contributed by atoms with E-state index in [1.54, 1.807) is 12.1 Å². The number of amides is 1. The highest BCUT2D eigenvalue weighted by Gasteiger charge is 2.40. The maximum absolute atomic E-state index is 12.6. The number of carbonyl (C=O) groups excluding carboxylic acids is 1. The zero-order chi connectivity index (χ0) is 23.4. The van der Waals surface area contributed by atoms with Gasteiger partial charge >= 0.3 is 5.97 Å². The molecular weight excluding hydrogens is 461 g/mol. The maximum Gasteiger partial charge on any atom is 0.306 e. The second-order valence-electron chi connectivity index (χ2n) is 8.98. The van der Waals surface area contributed by atoms with Crippen LogP contribution in [0.4, 0.5) is 0 Å². The molecule has 0 bridgehead atoms. The van der Waals surface area contributed by atoms with Crippen molar-refractivity contribution < 1.29 is 19.4 Å². The molecule has 0 aromatic heterocycles. The molecule has 1 aliphatic carbocycles. The largest absolute Gasteiger partial charge is 0.493 e. The number of rotatable bonds is 8. The van der Waals surface area contributed by atoms with Gasteiger partial charge in [0.2, 0.25) is 5.91 Å². The van der Waals surface area contributed by atoms with Gasteiger partial charge in [-0.15, -0.1) is 0 Å². The number of nitrogens with one attached hydrogen (secondary N) is 1. The Morgan fingerprint density at radius 2 is 1.70 bits per heavy atom. The van der Waals surface area contributed by atoms with E-state index in [0.717, 1.165) is 36.0 Å². The summed E-state index contributed by atoms with van der Waals surface area (Å²) in [5, 5.41) is 12.9. The molecule has 4 rings (SSSR count). The minimum absolute atomic E-state index is 0.0341. The van der Waals surface area contributed by atoms with Crippen LogP contribution in [-0.4, -0.2) is 30.1 Å². The highest BCUT2D eigenvalue weighted by Crippen LogP contribution is 2.48. The predicted molar refractivity (Wildman–Crippen MR) is 130 cm³/mol. The number of hydrogen-bond donors (Lipinski definition) is 2. The SMILES string of the molecule is O=C(O)CCOc1ccc(-c2cc(Cl)c(C(C3CCCCC3)C3CCNC3=O)c(Cl)c2)cc1. The number of benzene rings is 2. The number of ether oxygens (including phenoxy) is 1. The summed E-state index contributed by atoms with van der Waals surface area (Å²) in [6.45, 7) is 0.833. The molecule has 2 aliphatic rings. The highest BCUT2D eigenvalue weighted by molar-refractivity contribution is 6.36. The first-order valence-electron chi connectivity index (χ1n) is 11.7. The third kappa shape index (κ3) is 5.64. The van der Waals surface area contributed by atoms with Crippen LogP contribution in [0.15, 0.2) is 36.4 Å². The smallest absolute Gasteiger partial charge is 0.306 e. The summed E-state index contributed by atoms with van der Waals surface area (Å²) in [6.07, 6.45) is 6.59. The van der Waals surface area contributed by atoms with E-state index in [9.17, 15) is 9.59 Å². The maximum atomic E-state index is 12.6. The summed E-state index contributed by atoms with van der Waals surface area (Å²) in [5.41, 5.74) is 2.73. The first kappa shape index (κ1) is 23.9.